The molecule has 4 heteroatoms. The van der Waals surface area contributed by atoms with Gasteiger partial charge in [-0.25, -0.2) is 4.98 Å². The molecule has 0 aromatic carbocycles. The fourth-order valence-corrected chi connectivity index (χ4v) is 2.96. The smallest absolute Gasteiger partial charge is 0.107 e. The van der Waals surface area contributed by atoms with E-state index >= 15 is 0 Å². The van der Waals surface area contributed by atoms with E-state index in [4.69, 9.17) is 5.73 Å². The second kappa shape index (κ2) is 5.75. The number of nitrogens with two attached hydrogens (primary N) is 1. The predicted molar refractivity (Wildman–Crippen MR) is 68.6 cm³/mol. The van der Waals surface area contributed by atoms with E-state index in [1.807, 2.05) is 0 Å². The monoisotopic (exact) mass is 239 g/mol. The van der Waals surface area contributed by atoms with Crippen LogP contribution in [0.25, 0.3) is 0 Å². The summed E-state index contributed by atoms with van der Waals surface area (Å²) >= 11 is 1.80. The van der Waals surface area contributed by atoms with Gasteiger partial charge in [0.05, 0.1) is 12.2 Å². The summed E-state index contributed by atoms with van der Waals surface area (Å²) in [6.45, 7) is 5.47. The summed E-state index contributed by atoms with van der Waals surface area (Å²) in [6, 6.07) is 0.420. The minimum atomic E-state index is 0.420. The third kappa shape index (κ3) is 3.27. The quantitative estimate of drug-likeness (QED) is 0.874. The Balaban J connectivity index is 1.83. The summed E-state index contributed by atoms with van der Waals surface area (Å²) in [6.07, 6.45) is 4.56. The van der Waals surface area contributed by atoms with Crippen LogP contribution >= 0.6 is 11.3 Å². The maximum absolute atomic E-state index is 5.89. The van der Waals surface area contributed by atoms with E-state index in [1.54, 1.807) is 11.3 Å². The van der Waals surface area contributed by atoms with Gasteiger partial charge in [0.1, 0.15) is 5.01 Å². The minimum Gasteiger partial charge on any atom is -0.328 e. The van der Waals surface area contributed by atoms with Crippen molar-refractivity contribution in [1.29, 1.82) is 0 Å². The second-order valence-electron chi connectivity index (χ2n) is 4.60. The molecule has 1 aromatic rings. The van der Waals surface area contributed by atoms with E-state index in [0.717, 1.165) is 38.9 Å². The van der Waals surface area contributed by atoms with E-state index in [0.29, 0.717) is 6.04 Å². The second-order valence-corrected chi connectivity index (χ2v) is 5.54. The number of thiazole rings is 1. The molecule has 1 fully saturated rings. The number of aromatic nitrogens is 1. The number of piperidine rings is 1. The lowest BCUT2D eigenvalue weighted by molar-refractivity contribution is 0.205. The molecule has 2 N–H and O–H groups in total. The summed E-state index contributed by atoms with van der Waals surface area (Å²) in [5.41, 5.74) is 7.15. The van der Waals surface area contributed by atoms with Crippen molar-refractivity contribution in [2.24, 2.45) is 5.73 Å². The van der Waals surface area contributed by atoms with E-state index in [1.165, 1.54) is 17.1 Å². The van der Waals surface area contributed by atoms with Gasteiger partial charge in [-0.05, 0) is 19.3 Å². The molecule has 1 aromatic heterocycles. The highest BCUT2D eigenvalue weighted by Gasteiger charge is 2.16. The van der Waals surface area contributed by atoms with E-state index in [-0.39, 0.29) is 0 Å². The summed E-state index contributed by atoms with van der Waals surface area (Å²) in [5, 5.41) is 3.47. The molecule has 0 amide bonds. The molecule has 2 heterocycles. The Labute approximate surface area is 102 Å². The lowest BCUT2D eigenvalue weighted by Gasteiger charge is -2.29. The molecule has 2 rings (SSSR count). The minimum absolute atomic E-state index is 0.420. The van der Waals surface area contributed by atoms with Crippen LogP contribution in [0.15, 0.2) is 5.38 Å². The first-order valence-corrected chi connectivity index (χ1v) is 7.07. The van der Waals surface area contributed by atoms with Crippen molar-refractivity contribution in [1.82, 2.24) is 9.88 Å². The van der Waals surface area contributed by atoms with Crippen molar-refractivity contribution < 1.29 is 0 Å². The van der Waals surface area contributed by atoms with Crippen LogP contribution in [0.5, 0.6) is 0 Å². The Hall–Kier alpha value is -0.450. The van der Waals surface area contributed by atoms with Crippen LogP contribution in [0.3, 0.4) is 0 Å². The zero-order chi connectivity index (χ0) is 11.4. The Morgan fingerprint density at radius 2 is 2.25 bits per heavy atom. The molecule has 1 aliphatic rings. The molecule has 16 heavy (non-hydrogen) atoms. The topological polar surface area (TPSA) is 42.1 Å². The summed E-state index contributed by atoms with van der Waals surface area (Å²) in [7, 11) is 0. The van der Waals surface area contributed by atoms with Gasteiger partial charge in [-0.2, -0.15) is 0 Å². The number of hydrogen-bond acceptors (Lipinski definition) is 4. The van der Waals surface area contributed by atoms with Gasteiger partial charge in [0.25, 0.3) is 0 Å². The number of likely N-dealkylation sites (tertiary alicyclic amines) is 1. The fourth-order valence-electron chi connectivity index (χ4n) is 2.09. The van der Waals surface area contributed by atoms with Crippen molar-refractivity contribution in [3.05, 3.63) is 16.1 Å². The van der Waals surface area contributed by atoms with Crippen LogP contribution in [0.1, 0.15) is 36.9 Å². The largest absolute Gasteiger partial charge is 0.328 e. The molecule has 0 radical (unpaired) electrons. The van der Waals surface area contributed by atoms with Gasteiger partial charge in [-0.1, -0.05) is 13.3 Å². The van der Waals surface area contributed by atoms with Gasteiger partial charge in [0, 0.05) is 24.5 Å². The van der Waals surface area contributed by atoms with Crippen molar-refractivity contribution in [2.75, 3.05) is 13.1 Å². The third-order valence-corrected chi connectivity index (χ3v) is 3.98. The van der Waals surface area contributed by atoms with Gasteiger partial charge in [-0.3, -0.25) is 4.90 Å². The summed E-state index contributed by atoms with van der Waals surface area (Å²) in [4.78, 5) is 7.13. The molecular formula is C12H21N3S. The maximum atomic E-state index is 5.89. The average Bonchev–Trinajstić information content (AvgIpc) is 2.70. The van der Waals surface area contributed by atoms with Crippen LogP contribution in [0.4, 0.5) is 0 Å². The summed E-state index contributed by atoms with van der Waals surface area (Å²) in [5.74, 6) is 0. The van der Waals surface area contributed by atoms with Crippen LogP contribution in [0, 0.1) is 0 Å². The normalized spacial score (nSPS) is 19.1. The molecular weight excluding hydrogens is 218 g/mol. The highest BCUT2D eigenvalue weighted by molar-refractivity contribution is 7.09. The van der Waals surface area contributed by atoms with Crippen LogP contribution in [-0.4, -0.2) is 29.0 Å². The van der Waals surface area contributed by atoms with Crippen LogP contribution in [-0.2, 0) is 13.0 Å². The number of rotatable bonds is 4. The average molecular weight is 239 g/mol. The predicted octanol–water partition coefficient (Wildman–Crippen LogP) is 2.02. The van der Waals surface area contributed by atoms with Crippen molar-refractivity contribution in [3.63, 3.8) is 0 Å². The molecule has 90 valence electrons. The highest BCUT2D eigenvalue weighted by Crippen LogP contribution is 2.16. The molecule has 0 bridgehead atoms. The first-order valence-electron chi connectivity index (χ1n) is 6.19. The van der Waals surface area contributed by atoms with E-state index in [2.05, 4.69) is 22.2 Å². The first kappa shape index (κ1) is 12.0. The molecule has 0 saturated carbocycles. The van der Waals surface area contributed by atoms with E-state index < -0.39 is 0 Å². The van der Waals surface area contributed by atoms with Gasteiger partial charge < -0.3 is 5.73 Å². The molecule has 0 spiro atoms. The molecule has 3 nitrogen and oxygen atoms in total. The number of aryl methyl sites for hydroxylation is 1. The van der Waals surface area contributed by atoms with E-state index in [9.17, 15) is 0 Å². The highest BCUT2D eigenvalue weighted by atomic mass is 32.1. The van der Waals surface area contributed by atoms with Crippen molar-refractivity contribution in [3.8, 4) is 0 Å². The molecule has 1 saturated heterocycles. The first-order chi connectivity index (χ1) is 7.78. The summed E-state index contributed by atoms with van der Waals surface area (Å²) < 4.78 is 0. The molecule has 1 aliphatic heterocycles. The van der Waals surface area contributed by atoms with Crippen LogP contribution < -0.4 is 5.73 Å². The molecule has 0 aliphatic carbocycles. The molecule has 0 unspecified atom stereocenters. The standard InChI is InChI=1S/C12H21N3S/c1-2-3-11-9-16-12(14-11)8-15-6-4-10(13)5-7-15/h9-10H,2-8,13H2,1H3. The Morgan fingerprint density at radius 3 is 2.94 bits per heavy atom. The van der Waals surface area contributed by atoms with Gasteiger partial charge in [0.2, 0.25) is 0 Å². The third-order valence-electron chi connectivity index (χ3n) is 3.10. The number of hydrogen-bond donors (Lipinski definition) is 1. The zero-order valence-corrected chi connectivity index (χ0v) is 10.8. The fraction of sp³-hybridized carbons (Fsp3) is 0.750. The van der Waals surface area contributed by atoms with Crippen molar-refractivity contribution in [2.45, 2.75) is 45.2 Å². The van der Waals surface area contributed by atoms with Gasteiger partial charge in [0.15, 0.2) is 0 Å². The Bertz CT molecular complexity index is 316. The Morgan fingerprint density at radius 1 is 1.50 bits per heavy atom. The van der Waals surface area contributed by atoms with Crippen LogP contribution in [0.2, 0.25) is 0 Å². The van der Waals surface area contributed by atoms with Gasteiger partial charge >= 0.3 is 0 Å². The Kier molecular flexibility index (Phi) is 4.32. The SMILES string of the molecule is CCCc1csc(CN2CCC(N)CC2)n1. The lowest BCUT2D eigenvalue weighted by atomic mass is 10.1. The molecule has 0 atom stereocenters. The maximum Gasteiger partial charge on any atom is 0.107 e. The zero-order valence-electron chi connectivity index (χ0n) is 9.98. The van der Waals surface area contributed by atoms with Gasteiger partial charge in [-0.15, -0.1) is 11.3 Å². The number of nitrogens with zero attached hydrogens (tertiary/aromatic N) is 2. The lowest BCUT2D eigenvalue weighted by Crippen LogP contribution is -2.39. The van der Waals surface area contributed by atoms with Crippen molar-refractivity contribution >= 4 is 11.3 Å².